The SMILES string of the molecule is Cc1cc(C(Cl)c2ccc(Cl)cc2C)c(C)cc1Br. The summed E-state index contributed by atoms with van der Waals surface area (Å²) in [6.45, 7) is 6.20. The van der Waals surface area contributed by atoms with Crippen LogP contribution in [0.1, 0.15) is 33.2 Å². The molecule has 0 aliphatic heterocycles. The summed E-state index contributed by atoms with van der Waals surface area (Å²) in [5.41, 5.74) is 5.75. The van der Waals surface area contributed by atoms with Gasteiger partial charge < -0.3 is 0 Å². The van der Waals surface area contributed by atoms with Crippen molar-refractivity contribution in [3.05, 3.63) is 67.6 Å². The second-order valence-corrected chi connectivity index (χ2v) is 6.55. The van der Waals surface area contributed by atoms with Crippen LogP contribution in [0.15, 0.2) is 34.8 Å². The number of rotatable bonds is 2. The average molecular weight is 358 g/mol. The zero-order chi connectivity index (χ0) is 14.2. The molecule has 0 saturated carbocycles. The average Bonchev–Trinajstić information content (AvgIpc) is 2.33. The maximum absolute atomic E-state index is 6.66. The summed E-state index contributed by atoms with van der Waals surface area (Å²) in [6.07, 6.45) is 0. The lowest BCUT2D eigenvalue weighted by atomic mass is 9.95. The summed E-state index contributed by atoms with van der Waals surface area (Å²) in [5.74, 6) is 0. The van der Waals surface area contributed by atoms with Gasteiger partial charge in [-0.2, -0.15) is 0 Å². The Morgan fingerprint density at radius 2 is 1.53 bits per heavy atom. The van der Waals surface area contributed by atoms with Crippen molar-refractivity contribution in [1.29, 1.82) is 0 Å². The number of alkyl halides is 1. The summed E-state index contributed by atoms with van der Waals surface area (Å²) < 4.78 is 1.12. The zero-order valence-electron chi connectivity index (χ0n) is 11.1. The van der Waals surface area contributed by atoms with E-state index in [1.807, 2.05) is 25.1 Å². The normalized spacial score (nSPS) is 12.5. The molecule has 0 aromatic heterocycles. The Balaban J connectivity index is 2.49. The van der Waals surface area contributed by atoms with Gasteiger partial charge in [0, 0.05) is 9.50 Å². The van der Waals surface area contributed by atoms with Crippen LogP contribution in [-0.2, 0) is 0 Å². The third kappa shape index (κ3) is 3.16. The molecule has 1 atom stereocenters. The predicted octanol–water partition coefficient (Wildman–Crippen LogP) is 6.36. The third-order valence-electron chi connectivity index (χ3n) is 3.33. The van der Waals surface area contributed by atoms with Crippen molar-refractivity contribution in [2.24, 2.45) is 0 Å². The Kier molecular flexibility index (Phi) is 4.60. The highest BCUT2D eigenvalue weighted by Crippen LogP contribution is 2.35. The van der Waals surface area contributed by atoms with Gasteiger partial charge in [0.25, 0.3) is 0 Å². The highest BCUT2D eigenvalue weighted by molar-refractivity contribution is 9.10. The molecule has 0 nitrogen and oxygen atoms in total. The summed E-state index contributed by atoms with van der Waals surface area (Å²) in [7, 11) is 0. The third-order valence-corrected chi connectivity index (χ3v) is 4.88. The van der Waals surface area contributed by atoms with Crippen molar-refractivity contribution in [1.82, 2.24) is 0 Å². The monoisotopic (exact) mass is 356 g/mol. The van der Waals surface area contributed by atoms with Crippen LogP contribution in [0.5, 0.6) is 0 Å². The van der Waals surface area contributed by atoms with E-state index in [-0.39, 0.29) is 5.38 Å². The fraction of sp³-hybridized carbons (Fsp3) is 0.250. The zero-order valence-corrected chi connectivity index (χ0v) is 14.2. The first-order valence-electron chi connectivity index (χ1n) is 6.07. The number of aryl methyl sites for hydroxylation is 3. The Bertz CT molecular complexity index is 620. The van der Waals surface area contributed by atoms with Gasteiger partial charge in [0.05, 0.1) is 5.38 Å². The van der Waals surface area contributed by atoms with E-state index in [2.05, 4.69) is 41.9 Å². The molecule has 0 saturated heterocycles. The van der Waals surface area contributed by atoms with E-state index in [4.69, 9.17) is 23.2 Å². The van der Waals surface area contributed by atoms with Gasteiger partial charge in [0.1, 0.15) is 0 Å². The Morgan fingerprint density at radius 3 is 2.16 bits per heavy atom. The highest BCUT2D eigenvalue weighted by atomic mass is 79.9. The molecule has 2 aromatic carbocycles. The second kappa shape index (κ2) is 5.87. The number of hydrogen-bond acceptors (Lipinski definition) is 0. The van der Waals surface area contributed by atoms with Crippen molar-refractivity contribution in [2.75, 3.05) is 0 Å². The van der Waals surface area contributed by atoms with Gasteiger partial charge in [-0.05, 0) is 66.8 Å². The molecule has 2 aromatic rings. The lowest BCUT2D eigenvalue weighted by Crippen LogP contribution is -2.00. The molecule has 0 aliphatic carbocycles. The first-order valence-corrected chi connectivity index (χ1v) is 7.67. The van der Waals surface area contributed by atoms with E-state index >= 15 is 0 Å². The van der Waals surface area contributed by atoms with Crippen LogP contribution in [0, 0.1) is 20.8 Å². The topological polar surface area (TPSA) is 0 Å². The van der Waals surface area contributed by atoms with Crippen molar-refractivity contribution in [2.45, 2.75) is 26.1 Å². The molecule has 2 rings (SSSR count). The van der Waals surface area contributed by atoms with Crippen molar-refractivity contribution >= 4 is 39.1 Å². The molecule has 100 valence electrons. The molecular weight excluding hydrogens is 343 g/mol. The predicted molar refractivity (Wildman–Crippen MR) is 87.5 cm³/mol. The van der Waals surface area contributed by atoms with Crippen LogP contribution in [0.2, 0.25) is 5.02 Å². The summed E-state index contributed by atoms with van der Waals surface area (Å²) in [5, 5.41) is 0.595. The molecule has 0 N–H and O–H groups in total. The molecule has 0 radical (unpaired) electrons. The fourth-order valence-electron chi connectivity index (χ4n) is 2.17. The molecule has 3 heteroatoms. The molecule has 0 heterocycles. The van der Waals surface area contributed by atoms with E-state index in [0.717, 1.165) is 26.2 Å². The maximum Gasteiger partial charge on any atom is 0.0840 e. The van der Waals surface area contributed by atoms with E-state index in [0.29, 0.717) is 0 Å². The van der Waals surface area contributed by atoms with Gasteiger partial charge in [0.15, 0.2) is 0 Å². The minimum absolute atomic E-state index is 0.149. The van der Waals surface area contributed by atoms with Crippen molar-refractivity contribution in [3.8, 4) is 0 Å². The summed E-state index contributed by atoms with van der Waals surface area (Å²) in [4.78, 5) is 0. The first kappa shape index (κ1) is 14.9. The van der Waals surface area contributed by atoms with Gasteiger partial charge in [-0.15, -0.1) is 11.6 Å². The standard InChI is InChI=1S/C16H15BrCl2/c1-9-6-12(18)4-5-13(9)16(19)14-7-11(3)15(17)8-10(14)2/h4-8,16H,1-3H3. The van der Waals surface area contributed by atoms with Crippen LogP contribution >= 0.6 is 39.1 Å². The van der Waals surface area contributed by atoms with Crippen LogP contribution in [-0.4, -0.2) is 0 Å². The number of benzene rings is 2. The fourth-order valence-corrected chi connectivity index (χ4v) is 3.33. The van der Waals surface area contributed by atoms with Crippen LogP contribution in [0.25, 0.3) is 0 Å². The molecular formula is C16H15BrCl2. The molecule has 0 bridgehead atoms. The van der Waals surface area contributed by atoms with Gasteiger partial charge in [-0.3, -0.25) is 0 Å². The van der Waals surface area contributed by atoms with E-state index in [9.17, 15) is 0 Å². The molecule has 0 aliphatic rings. The lowest BCUT2D eigenvalue weighted by molar-refractivity contribution is 1.08. The second-order valence-electron chi connectivity index (χ2n) is 4.82. The minimum Gasteiger partial charge on any atom is -0.113 e. The first-order chi connectivity index (χ1) is 8.90. The maximum atomic E-state index is 6.66. The van der Waals surface area contributed by atoms with E-state index in [1.54, 1.807) is 0 Å². The quantitative estimate of drug-likeness (QED) is 0.549. The largest absolute Gasteiger partial charge is 0.113 e. The Hall–Kier alpha value is -0.500. The van der Waals surface area contributed by atoms with E-state index in [1.165, 1.54) is 11.1 Å². The number of hydrogen-bond donors (Lipinski definition) is 0. The Labute approximate surface area is 132 Å². The van der Waals surface area contributed by atoms with Crippen molar-refractivity contribution in [3.63, 3.8) is 0 Å². The summed E-state index contributed by atoms with van der Waals surface area (Å²) in [6, 6.07) is 10.1. The van der Waals surface area contributed by atoms with Crippen molar-refractivity contribution < 1.29 is 0 Å². The van der Waals surface area contributed by atoms with Crippen LogP contribution in [0.3, 0.4) is 0 Å². The lowest BCUT2D eigenvalue weighted by Gasteiger charge is -2.17. The highest BCUT2D eigenvalue weighted by Gasteiger charge is 2.16. The molecule has 1 unspecified atom stereocenters. The molecule has 0 spiro atoms. The molecule has 0 fully saturated rings. The van der Waals surface area contributed by atoms with Gasteiger partial charge >= 0.3 is 0 Å². The smallest absolute Gasteiger partial charge is 0.0840 e. The molecule has 0 amide bonds. The summed E-state index contributed by atoms with van der Waals surface area (Å²) >= 11 is 16.2. The van der Waals surface area contributed by atoms with E-state index < -0.39 is 0 Å². The van der Waals surface area contributed by atoms with Crippen LogP contribution < -0.4 is 0 Å². The van der Waals surface area contributed by atoms with Gasteiger partial charge in [-0.1, -0.05) is 39.7 Å². The van der Waals surface area contributed by atoms with Gasteiger partial charge in [0.2, 0.25) is 0 Å². The van der Waals surface area contributed by atoms with Gasteiger partial charge in [-0.25, -0.2) is 0 Å². The van der Waals surface area contributed by atoms with Crippen LogP contribution in [0.4, 0.5) is 0 Å². The minimum atomic E-state index is -0.149. The Morgan fingerprint density at radius 1 is 0.895 bits per heavy atom. The molecule has 19 heavy (non-hydrogen) atoms. The number of halogens is 3.